The topological polar surface area (TPSA) is 75.6 Å². The van der Waals surface area contributed by atoms with Crippen LogP contribution in [0, 0.1) is 0 Å². The third-order valence-electron chi connectivity index (χ3n) is 4.26. The van der Waals surface area contributed by atoms with Crippen LogP contribution in [0.15, 0.2) is 0 Å². The van der Waals surface area contributed by atoms with E-state index in [4.69, 9.17) is 31.2 Å². The molecule has 0 aromatic carbocycles. The molecule has 0 amide bonds. The van der Waals surface area contributed by atoms with Crippen LogP contribution in [0.2, 0.25) is 0 Å². The minimum atomic E-state index is -0.576. The molecule has 24 heavy (non-hydrogen) atoms. The number of hydrogen-bond acceptors (Lipinski definition) is 7. The summed E-state index contributed by atoms with van der Waals surface area (Å²) in [5.74, 6) is 0. The third-order valence-corrected chi connectivity index (χ3v) is 4.26. The Hall–Kier alpha value is -0.280. The summed E-state index contributed by atoms with van der Waals surface area (Å²) < 4.78 is 47.9. The quantitative estimate of drug-likeness (QED) is 0.556. The second-order valence-electron chi connectivity index (χ2n) is 6.11. The number of aliphatic hydroxyl groups is 1. The molecule has 6 atom stereocenters. The Morgan fingerprint density at radius 2 is 1.42 bits per heavy atom. The van der Waals surface area contributed by atoms with Gasteiger partial charge in [-0.05, 0) is 25.7 Å². The number of methoxy groups -OCH3 is 2. The Balaban J connectivity index is 1.58. The lowest BCUT2D eigenvalue weighted by atomic mass is 10.1. The molecule has 0 aromatic rings. The Labute approximate surface area is 147 Å². The first-order valence-corrected chi connectivity index (χ1v) is 8.58. The van der Waals surface area contributed by atoms with E-state index in [1.807, 2.05) is 0 Å². The van der Waals surface area contributed by atoms with Gasteiger partial charge in [0.15, 0.2) is 0 Å². The van der Waals surface area contributed by atoms with E-state index in [1.54, 1.807) is 14.2 Å². The summed E-state index contributed by atoms with van der Waals surface area (Å²) in [4.78, 5) is 0. The number of aliphatic hydroxyl groups excluding tert-OH is 1. The van der Waals surface area contributed by atoms with Gasteiger partial charge in [0.2, 0.25) is 0 Å². The van der Waals surface area contributed by atoms with E-state index >= 15 is 0 Å². The second-order valence-corrected chi connectivity index (χ2v) is 6.11. The fourth-order valence-corrected chi connectivity index (χ4v) is 2.85. The van der Waals surface area contributed by atoms with Crippen LogP contribution in [0.1, 0.15) is 28.4 Å². The van der Waals surface area contributed by atoms with Crippen LogP contribution in [0.5, 0.6) is 0 Å². The molecule has 0 aromatic heterocycles. The van der Waals surface area contributed by atoms with Gasteiger partial charge >= 0.3 is 0 Å². The second kappa shape index (κ2) is 11.4. The van der Waals surface area contributed by atoms with Gasteiger partial charge in [0.25, 0.3) is 0 Å². The molecule has 7 nitrogen and oxygen atoms in total. The lowest BCUT2D eigenvalue weighted by molar-refractivity contribution is -0.0574. The van der Waals surface area contributed by atoms with Crippen LogP contribution in [-0.4, -0.2) is 89.4 Å². The van der Waals surface area contributed by atoms with Crippen LogP contribution in [-0.2, 0) is 28.4 Å². The molecule has 142 valence electrons. The predicted molar refractivity (Wildman–Crippen MR) is 87.2 cm³/mol. The first-order chi connectivity index (χ1) is 12.5. The zero-order valence-electron chi connectivity index (χ0n) is 16.6. The monoisotopic (exact) mass is 352 g/mol. The van der Waals surface area contributed by atoms with Gasteiger partial charge in [-0.2, -0.15) is 0 Å². The van der Waals surface area contributed by atoms with Crippen molar-refractivity contribution in [2.75, 3.05) is 53.8 Å². The minimum Gasteiger partial charge on any atom is -0.393 e. The molecule has 2 saturated heterocycles. The van der Waals surface area contributed by atoms with E-state index < -0.39 is 19.3 Å². The van der Waals surface area contributed by atoms with Crippen LogP contribution in [0.25, 0.3) is 0 Å². The van der Waals surface area contributed by atoms with Crippen molar-refractivity contribution in [2.45, 2.75) is 56.2 Å². The van der Waals surface area contributed by atoms with Gasteiger partial charge in [-0.1, -0.05) is 0 Å². The van der Waals surface area contributed by atoms with Gasteiger partial charge in [0, 0.05) is 40.6 Å². The van der Waals surface area contributed by atoms with Crippen LogP contribution in [0.4, 0.5) is 0 Å². The molecule has 0 bridgehead atoms. The lowest BCUT2D eigenvalue weighted by Crippen LogP contribution is -2.30. The highest BCUT2D eigenvalue weighted by Gasteiger charge is 2.30. The van der Waals surface area contributed by atoms with E-state index in [0.29, 0.717) is 52.1 Å². The molecule has 0 saturated carbocycles. The smallest absolute Gasteiger partial charge is 0.107 e. The summed E-state index contributed by atoms with van der Waals surface area (Å²) in [5, 5.41) is 10.1. The van der Waals surface area contributed by atoms with Gasteiger partial charge in [0.05, 0.1) is 34.3 Å². The Bertz CT molecular complexity index is 356. The maximum absolute atomic E-state index is 10.1. The highest BCUT2D eigenvalue weighted by Crippen LogP contribution is 2.19. The van der Waals surface area contributed by atoms with E-state index in [-0.39, 0.29) is 24.4 Å². The largest absolute Gasteiger partial charge is 0.393 e. The SMILES string of the molecule is [3H][C@H]1C[C@@H](OCCC(O)CCO[C@@H]2C[C@H]([3H])O[C@@H]2COC)[C@@H](COC)O1. The molecule has 2 aliphatic rings. The van der Waals surface area contributed by atoms with E-state index in [2.05, 4.69) is 0 Å². The Morgan fingerprint density at radius 1 is 0.958 bits per heavy atom. The fourth-order valence-electron chi connectivity index (χ4n) is 2.85. The van der Waals surface area contributed by atoms with Crippen molar-refractivity contribution in [3.63, 3.8) is 0 Å². The van der Waals surface area contributed by atoms with E-state index in [9.17, 15) is 5.11 Å². The first kappa shape index (κ1) is 17.1. The molecule has 2 fully saturated rings. The minimum absolute atomic E-state index is 0.166. The summed E-state index contributed by atoms with van der Waals surface area (Å²) in [6, 6.07) is 0. The van der Waals surface area contributed by atoms with Crippen molar-refractivity contribution in [3.8, 4) is 0 Å². The molecule has 0 unspecified atom stereocenters. The zero-order chi connectivity index (χ0) is 18.9. The number of ether oxygens (including phenoxy) is 6. The van der Waals surface area contributed by atoms with Crippen molar-refractivity contribution in [2.24, 2.45) is 0 Å². The van der Waals surface area contributed by atoms with Crippen molar-refractivity contribution >= 4 is 0 Å². The summed E-state index contributed by atoms with van der Waals surface area (Å²) >= 11 is 0. The zero-order valence-corrected chi connectivity index (χ0v) is 14.6. The van der Waals surface area contributed by atoms with Gasteiger partial charge in [0.1, 0.15) is 12.2 Å². The van der Waals surface area contributed by atoms with Crippen LogP contribution >= 0.6 is 0 Å². The van der Waals surface area contributed by atoms with Crippen molar-refractivity contribution < 1.29 is 36.3 Å². The molecule has 2 rings (SSSR count). The predicted octanol–water partition coefficient (Wildman–Crippen LogP) is 0.769. The third kappa shape index (κ3) is 6.55. The van der Waals surface area contributed by atoms with Gasteiger partial charge in [-0.3, -0.25) is 0 Å². The molecular weight excluding hydrogens is 316 g/mol. The number of rotatable bonds is 12. The molecule has 2 aliphatic heterocycles. The summed E-state index contributed by atoms with van der Waals surface area (Å²) in [6.07, 6.45) is 0.717. The average Bonchev–Trinajstić information content (AvgIpc) is 3.11. The Morgan fingerprint density at radius 3 is 1.83 bits per heavy atom. The standard InChI is InChI=1S/C17H32O7/c1-19-11-16-14(5-9-23-16)21-7-3-13(18)4-8-22-15-6-10-24-17(15)12-20-2/h13-18H,3-12H2,1-2H3/t14-,15-,16-,17-/m1/s1/i9T,10T/t9-,10-,14+,15+,16+,17+/m0. The average molecular weight is 352 g/mol. The summed E-state index contributed by atoms with van der Waals surface area (Å²) in [6.45, 7) is 0.450. The highest BCUT2D eigenvalue weighted by atomic mass is 16.6. The number of hydrogen-bond donors (Lipinski definition) is 1. The summed E-state index contributed by atoms with van der Waals surface area (Å²) in [7, 11) is 3.19. The molecule has 7 heteroatoms. The maximum atomic E-state index is 10.1. The van der Waals surface area contributed by atoms with Gasteiger partial charge in [-0.25, -0.2) is 0 Å². The van der Waals surface area contributed by atoms with Crippen molar-refractivity contribution in [3.05, 3.63) is 0 Å². The Kier molecular flexibility index (Phi) is 8.12. The summed E-state index contributed by atoms with van der Waals surface area (Å²) in [5.41, 5.74) is 0. The molecule has 0 aliphatic carbocycles. The first-order valence-electron chi connectivity index (χ1n) is 9.73. The van der Waals surface area contributed by atoms with E-state index in [1.165, 1.54) is 0 Å². The van der Waals surface area contributed by atoms with Gasteiger partial charge in [-0.15, -0.1) is 0 Å². The molecule has 0 spiro atoms. The maximum Gasteiger partial charge on any atom is 0.107 e. The molecule has 2 heterocycles. The normalized spacial score (nSPS) is 37.8. The van der Waals surface area contributed by atoms with Crippen molar-refractivity contribution in [1.29, 1.82) is 0 Å². The van der Waals surface area contributed by atoms with Gasteiger partial charge < -0.3 is 33.5 Å². The fraction of sp³-hybridized carbons (Fsp3) is 1.00. The molecule has 1 N–H and O–H groups in total. The molecular formula is C17H32O7. The van der Waals surface area contributed by atoms with Crippen molar-refractivity contribution in [1.82, 2.24) is 0 Å². The highest BCUT2D eigenvalue weighted by molar-refractivity contribution is 4.78. The molecule has 0 radical (unpaired) electrons. The lowest BCUT2D eigenvalue weighted by Gasteiger charge is -2.20. The van der Waals surface area contributed by atoms with Crippen LogP contribution in [0.3, 0.4) is 0 Å². The van der Waals surface area contributed by atoms with Crippen LogP contribution < -0.4 is 0 Å². The van der Waals surface area contributed by atoms with E-state index in [0.717, 1.165) is 0 Å².